The third kappa shape index (κ3) is 3.29. The number of nitrogens with one attached hydrogen (secondary N) is 1. The zero-order valence-electron chi connectivity index (χ0n) is 14.4. The van der Waals surface area contributed by atoms with Crippen molar-refractivity contribution in [2.75, 3.05) is 4.72 Å². The Morgan fingerprint density at radius 2 is 1.88 bits per heavy atom. The molecule has 0 saturated carbocycles. The lowest BCUT2D eigenvalue weighted by molar-refractivity contribution is 0.601. The quantitative estimate of drug-likeness (QED) is 0.652. The monoisotopic (exact) mass is 407 g/mol. The van der Waals surface area contributed by atoms with Gasteiger partial charge < -0.3 is 0 Å². The molecule has 2 aliphatic rings. The Balaban J connectivity index is 2.16. The van der Waals surface area contributed by atoms with Crippen LogP contribution in [-0.2, 0) is 10.0 Å². The number of imidazole rings is 1. The predicted molar refractivity (Wildman–Crippen MR) is 106 cm³/mol. The van der Waals surface area contributed by atoms with Crippen molar-refractivity contribution >= 4 is 38.9 Å². The Morgan fingerprint density at radius 1 is 1.23 bits per heavy atom. The Hall–Kier alpha value is -2.10. The van der Waals surface area contributed by atoms with Crippen molar-refractivity contribution in [3.05, 3.63) is 62.9 Å². The van der Waals surface area contributed by atoms with Gasteiger partial charge in [-0.05, 0) is 38.3 Å². The van der Waals surface area contributed by atoms with Crippen LogP contribution < -0.4 is 10.4 Å². The highest BCUT2D eigenvalue weighted by Gasteiger charge is 2.26. The summed E-state index contributed by atoms with van der Waals surface area (Å²) in [4.78, 5) is 17.4. The molecule has 0 aliphatic carbocycles. The van der Waals surface area contributed by atoms with Gasteiger partial charge in [-0.15, -0.1) is 11.3 Å². The first kappa shape index (κ1) is 18.7. The fourth-order valence-corrected chi connectivity index (χ4v) is 5.48. The molecule has 0 fully saturated rings. The van der Waals surface area contributed by atoms with Crippen molar-refractivity contribution in [1.82, 2.24) is 9.55 Å². The van der Waals surface area contributed by atoms with Gasteiger partial charge in [0.1, 0.15) is 5.69 Å². The summed E-state index contributed by atoms with van der Waals surface area (Å²) in [6, 6.07) is 6.47. The van der Waals surface area contributed by atoms with Crippen LogP contribution in [0.15, 0.2) is 50.2 Å². The SMILES string of the molecule is C=CSc1sc(C)c(C)n2c(=O)nc(NS(=O)(=O)c3ccc(C)cc3)c1-2. The number of anilines is 1. The van der Waals surface area contributed by atoms with E-state index in [-0.39, 0.29) is 10.7 Å². The van der Waals surface area contributed by atoms with Gasteiger partial charge in [0, 0.05) is 10.6 Å². The van der Waals surface area contributed by atoms with Crippen LogP contribution in [0.5, 0.6) is 0 Å². The average Bonchev–Trinajstić information content (AvgIpc) is 2.89. The molecule has 3 rings (SSSR count). The average molecular weight is 408 g/mol. The summed E-state index contributed by atoms with van der Waals surface area (Å²) in [6.07, 6.45) is 0. The van der Waals surface area contributed by atoms with Gasteiger partial charge in [-0.3, -0.25) is 9.29 Å². The van der Waals surface area contributed by atoms with E-state index in [0.29, 0.717) is 5.69 Å². The van der Waals surface area contributed by atoms with E-state index in [0.717, 1.165) is 20.3 Å². The lowest BCUT2D eigenvalue weighted by Gasteiger charge is -2.15. The van der Waals surface area contributed by atoms with Gasteiger partial charge >= 0.3 is 5.69 Å². The summed E-state index contributed by atoms with van der Waals surface area (Å²) in [5.41, 5.74) is 1.62. The molecular weight excluding hydrogens is 390 g/mol. The van der Waals surface area contributed by atoms with Crippen molar-refractivity contribution in [2.45, 2.75) is 29.9 Å². The van der Waals surface area contributed by atoms with Crippen molar-refractivity contribution in [3.8, 4) is 5.69 Å². The molecule has 6 nitrogen and oxygen atoms in total. The number of aromatic nitrogens is 2. The maximum Gasteiger partial charge on any atom is 0.354 e. The Morgan fingerprint density at radius 3 is 2.50 bits per heavy atom. The molecule has 0 amide bonds. The molecule has 9 heteroatoms. The van der Waals surface area contributed by atoms with Crippen molar-refractivity contribution in [2.24, 2.45) is 0 Å². The molecule has 0 spiro atoms. The molecular formula is C17H17N3O3S3. The minimum atomic E-state index is -3.86. The van der Waals surface area contributed by atoms with Crippen LogP contribution in [0, 0.1) is 20.8 Å². The predicted octanol–water partition coefficient (Wildman–Crippen LogP) is 3.69. The second-order valence-corrected chi connectivity index (χ2v) is 9.80. The third-order valence-electron chi connectivity index (χ3n) is 3.88. The highest BCUT2D eigenvalue weighted by molar-refractivity contribution is 8.04. The van der Waals surface area contributed by atoms with Gasteiger partial charge in [0.15, 0.2) is 5.82 Å². The third-order valence-corrected chi connectivity index (χ3v) is 7.33. The van der Waals surface area contributed by atoms with E-state index in [1.807, 2.05) is 20.8 Å². The normalized spacial score (nSPS) is 11.7. The first-order chi connectivity index (χ1) is 12.2. The fourth-order valence-electron chi connectivity index (χ4n) is 2.45. The van der Waals surface area contributed by atoms with Crippen LogP contribution in [0.4, 0.5) is 5.82 Å². The molecule has 26 heavy (non-hydrogen) atoms. The van der Waals surface area contributed by atoms with Gasteiger partial charge in [0.2, 0.25) is 0 Å². The van der Waals surface area contributed by atoms with Gasteiger partial charge in [0.25, 0.3) is 10.0 Å². The Kier molecular flexibility index (Phi) is 4.96. The van der Waals surface area contributed by atoms with Gasteiger partial charge in [-0.25, -0.2) is 13.2 Å². The molecule has 0 bridgehead atoms. The highest BCUT2D eigenvalue weighted by Crippen LogP contribution is 2.38. The van der Waals surface area contributed by atoms with E-state index in [1.165, 1.54) is 39.8 Å². The van der Waals surface area contributed by atoms with E-state index in [9.17, 15) is 13.2 Å². The summed E-state index contributed by atoms with van der Waals surface area (Å²) >= 11 is 2.79. The summed E-state index contributed by atoms with van der Waals surface area (Å²) in [7, 11) is -3.86. The largest absolute Gasteiger partial charge is 0.354 e. The van der Waals surface area contributed by atoms with Crippen LogP contribution >= 0.6 is 23.1 Å². The lowest BCUT2D eigenvalue weighted by Crippen LogP contribution is -2.17. The minimum Gasteiger partial charge on any atom is -0.261 e. The van der Waals surface area contributed by atoms with Crippen LogP contribution in [0.2, 0.25) is 0 Å². The number of fused-ring (bicyclic) bond motifs is 1. The van der Waals surface area contributed by atoms with Crippen LogP contribution in [0.1, 0.15) is 16.1 Å². The number of hydrogen-bond donors (Lipinski definition) is 1. The fraction of sp³-hybridized carbons (Fsp3) is 0.176. The maximum atomic E-state index is 12.7. The molecule has 0 aromatic heterocycles. The first-order valence-electron chi connectivity index (χ1n) is 7.64. The summed E-state index contributed by atoms with van der Waals surface area (Å²) < 4.78 is 30.0. The molecule has 2 heterocycles. The summed E-state index contributed by atoms with van der Waals surface area (Å²) in [5.74, 6) is 0.0271. The molecule has 136 valence electrons. The number of hydrogen-bond acceptors (Lipinski definition) is 6. The van der Waals surface area contributed by atoms with Crippen molar-refractivity contribution in [3.63, 3.8) is 0 Å². The van der Waals surface area contributed by atoms with E-state index in [4.69, 9.17) is 0 Å². The summed E-state index contributed by atoms with van der Waals surface area (Å²) in [6.45, 7) is 9.29. The highest BCUT2D eigenvalue weighted by atomic mass is 32.2. The molecule has 1 N–H and O–H groups in total. The Labute approximate surface area is 160 Å². The molecule has 0 unspecified atom stereocenters. The molecule has 2 aliphatic heterocycles. The van der Waals surface area contributed by atoms with E-state index >= 15 is 0 Å². The van der Waals surface area contributed by atoms with Gasteiger partial charge in [0.05, 0.1) is 9.10 Å². The van der Waals surface area contributed by atoms with Crippen LogP contribution in [0.3, 0.4) is 0 Å². The number of nitrogens with zero attached hydrogens (tertiary/aromatic N) is 2. The molecule has 0 radical (unpaired) electrons. The van der Waals surface area contributed by atoms with Gasteiger partial charge in [-0.1, -0.05) is 36.0 Å². The second kappa shape index (κ2) is 6.90. The van der Waals surface area contributed by atoms with Crippen molar-refractivity contribution in [1.29, 1.82) is 0 Å². The Bertz CT molecular complexity index is 1110. The lowest BCUT2D eigenvalue weighted by atomic mass is 10.2. The van der Waals surface area contributed by atoms with E-state index < -0.39 is 15.7 Å². The molecule has 0 atom stereocenters. The number of benzene rings is 1. The number of sulfonamides is 1. The standard InChI is InChI=1S/C17H17N3O3S3/c1-5-24-16-14-15(18-17(21)20(14)11(3)12(4)25-16)19-26(22,23)13-8-6-10(2)7-9-13/h5-9H,1H2,2-4H3,(H,18,19,21). The maximum absolute atomic E-state index is 12.7. The van der Waals surface area contributed by atoms with E-state index in [1.54, 1.807) is 17.5 Å². The van der Waals surface area contributed by atoms with Crippen LogP contribution in [-0.4, -0.2) is 18.0 Å². The molecule has 1 aromatic rings. The molecule has 1 aromatic carbocycles. The summed E-state index contributed by atoms with van der Waals surface area (Å²) in [5, 5.41) is 1.64. The first-order valence-corrected chi connectivity index (χ1v) is 10.8. The zero-order chi connectivity index (χ0) is 19.1. The van der Waals surface area contributed by atoms with Crippen molar-refractivity contribution < 1.29 is 8.42 Å². The zero-order valence-corrected chi connectivity index (χ0v) is 16.9. The number of rotatable bonds is 5. The minimum absolute atomic E-state index is 0.0271. The second-order valence-electron chi connectivity index (χ2n) is 5.66. The topological polar surface area (TPSA) is 81.1 Å². The number of aryl methyl sites for hydroxylation is 2. The van der Waals surface area contributed by atoms with Crippen LogP contribution in [0.25, 0.3) is 5.69 Å². The van der Waals surface area contributed by atoms with E-state index in [2.05, 4.69) is 16.3 Å². The molecule has 0 saturated heterocycles. The van der Waals surface area contributed by atoms with Gasteiger partial charge in [-0.2, -0.15) is 4.98 Å². The number of thioether (sulfide) groups is 1. The smallest absolute Gasteiger partial charge is 0.261 e.